The number of nitrogens with one attached hydrogen (secondary N) is 1. The Hall–Kier alpha value is -1.63. The summed E-state index contributed by atoms with van der Waals surface area (Å²) in [6.07, 6.45) is -4.37. The molecule has 7 heteroatoms. The minimum atomic E-state index is -4.80. The second-order valence-corrected chi connectivity index (χ2v) is 4.52. The third-order valence-electron chi connectivity index (χ3n) is 2.76. The predicted molar refractivity (Wildman–Crippen MR) is 64.6 cm³/mol. The third kappa shape index (κ3) is 4.48. The molecule has 0 aliphatic carbocycles. The molecule has 3 nitrogen and oxygen atoms in total. The van der Waals surface area contributed by atoms with Gasteiger partial charge in [0.05, 0.1) is 11.1 Å². The number of alkyl halides is 3. The highest BCUT2D eigenvalue weighted by Crippen LogP contribution is 2.32. The molecule has 1 amide bonds. The molecule has 0 fully saturated rings. The molecule has 1 atom stereocenters. The lowest BCUT2D eigenvalue weighted by molar-refractivity contribution is -0.138. The van der Waals surface area contributed by atoms with Gasteiger partial charge in [-0.05, 0) is 30.5 Å². The molecule has 20 heavy (non-hydrogen) atoms. The van der Waals surface area contributed by atoms with E-state index in [1.54, 1.807) is 6.92 Å². The van der Waals surface area contributed by atoms with Crippen LogP contribution < -0.4 is 5.32 Å². The van der Waals surface area contributed by atoms with Crippen molar-refractivity contribution >= 4 is 5.91 Å². The SMILES string of the molecule is CC(CCO)CNC(=O)c1ccc(F)cc1C(F)(F)F. The fraction of sp³-hybridized carbons (Fsp3) is 0.462. The van der Waals surface area contributed by atoms with Crippen LogP contribution in [0.25, 0.3) is 0 Å². The van der Waals surface area contributed by atoms with Gasteiger partial charge in [-0.3, -0.25) is 4.79 Å². The molecule has 0 radical (unpaired) electrons. The van der Waals surface area contributed by atoms with Crippen molar-refractivity contribution in [1.82, 2.24) is 5.32 Å². The van der Waals surface area contributed by atoms with E-state index in [-0.39, 0.29) is 19.1 Å². The van der Waals surface area contributed by atoms with Crippen LogP contribution in [0, 0.1) is 11.7 Å². The van der Waals surface area contributed by atoms with Crippen LogP contribution in [0.4, 0.5) is 17.6 Å². The van der Waals surface area contributed by atoms with Gasteiger partial charge in [0.25, 0.3) is 5.91 Å². The highest BCUT2D eigenvalue weighted by Gasteiger charge is 2.35. The Bertz CT molecular complexity index is 474. The Morgan fingerprint density at radius 2 is 2.05 bits per heavy atom. The van der Waals surface area contributed by atoms with Crippen LogP contribution in [0.5, 0.6) is 0 Å². The van der Waals surface area contributed by atoms with Crippen LogP contribution in [-0.2, 0) is 6.18 Å². The van der Waals surface area contributed by atoms with Crippen molar-refractivity contribution in [2.75, 3.05) is 13.2 Å². The van der Waals surface area contributed by atoms with Crippen LogP contribution in [0.3, 0.4) is 0 Å². The van der Waals surface area contributed by atoms with Crippen LogP contribution in [-0.4, -0.2) is 24.2 Å². The van der Waals surface area contributed by atoms with Gasteiger partial charge in [-0.2, -0.15) is 13.2 Å². The molecule has 1 unspecified atom stereocenters. The smallest absolute Gasteiger partial charge is 0.396 e. The number of rotatable bonds is 5. The molecule has 0 aliphatic rings. The van der Waals surface area contributed by atoms with Gasteiger partial charge in [0.15, 0.2) is 0 Å². The Balaban J connectivity index is 2.88. The second-order valence-electron chi connectivity index (χ2n) is 4.52. The fourth-order valence-electron chi connectivity index (χ4n) is 1.63. The number of benzene rings is 1. The molecule has 0 aliphatic heterocycles. The maximum Gasteiger partial charge on any atom is 0.417 e. The highest BCUT2D eigenvalue weighted by atomic mass is 19.4. The first-order valence-corrected chi connectivity index (χ1v) is 6.01. The molecule has 112 valence electrons. The Labute approximate surface area is 113 Å². The Kier molecular flexibility index (Phi) is 5.50. The average Bonchev–Trinajstić information content (AvgIpc) is 2.35. The van der Waals surface area contributed by atoms with Crippen molar-refractivity contribution in [1.29, 1.82) is 0 Å². The summed E-state index contributed by atoms with van der Waals surface area (Å²) in [5.74, 6) is -2.04. The molecule has 1 rings (SSSR count). The first-order chi connectivity index (χ1) is 9.25. The lowest BCUT2D eigenvalue weighted by Crippen LogP contribution is -2.30. The third-order valence-corrected chi connectivity index (χ3v) is 2.76. The number of carbonyl (C=O) groups excluding carboxylic acids is 1. The van der Waals surface area contributed by atoms with Crippen LogP contribution in [0.15, 0.2) is 18.2 Å². The molecule has 1 aromatic carbocycles. The zero-order chi connectivity index (χ0) is 15.3. The van der Waals surface area contributed by atoms with Gasteiger partial charge < -0.3 is 10.4 Å². The average molecular weight is 293 g/mol. The van der Waals surface area contributed by atoms with Crippen molar-refractivity contribution in [3.05, 3.63) is 35.1 Å². The summed E-state index contributed by atoms with van der Waals surface area (Å²) in [7, 11) is 0. The van der Waals surface area contributed by atoms with Crippen molar-refractivity contribution < 1.29 is 27.5 Å². The minimum Gasteiger partial charge on any atom is -0.396 e. The van der Waals surface area contributed by atoms with Gasteiger partial charge in [0.2, 0.25) is 0 Å². The van der Waals surface area contributed by atoms with E-state index in [9.17, 15) is 22.4 Å². The summed E-state index contributed by atoms with van der Waals surface area (Å²) in [5.41, 5.74) is -1.92. The summed E-state index contributed by atoms with van der Waals surface area (Å²) < 4.78 is 51.1. The van der Waals surface area contributed by atoms with E-state index >= 15 is 0 Å². The first-order valence-electron chi connectivity index (χ1n) is 6.01. The molecule has 0 aromatic heterocycles. The Morgan fingerprint density at radius 3 is 2.60 bits per heavy atom. The number of aliphatic hydroxyl groups is 1. The van der Waals surface area contributed by atoms with Crippen molar-refractivity contribution in [2.45, 2.75) is 19.5 Å². The fourth-order valence-corrected chi connectivity index (χ4v) is 1.63. The van der Waals surface area contributed by atoms with E-state index in [0.29, 0.717) is 12.5 Å². The maximum atomic E-state index is 12.9. The van der Waals surface area contributed by atoms with Gasteiger partial charge >= 0.3 is 6.18 Å². The molecule has 0 heterocycles. The number of hydrogen-bond donors (Lipinski definition) is 2. The first kappa shape index (κ1) is 16.4. The van der Waals surface area contributed by atoms with E-state index < -0.39 is 29.0 Å². The molecule has 0 bridgehead atoms. The van der Waals surface area contributed by atoms with Crippen molar-refractivity contribution in [3.63, 3.8) is 0 Å². The number of amides is 1. The quantitative estimate of drug-likeness (QED) is 0.820. The highest BCUT2D eigenvalue weighted by molar-refractivity contribution is 5.95. The summed E-state index contributed by atoms with van der Waals surface area (Å²) in [5, 5.41) is 11.0. The van der Waals surface area contributed by atoms with E-state index in [0.717, 1.165) is 12.1 Å². The molecule has 0 spiro atoms. The standard InChI is InChI=1S/C13H15F4NO2/c1-8(4-5-19)7-18-12(20)10-3-2-9(14)6-11(10)13(15,16)17/h2-3,6,8,19H,4-5,7H2,1H3,(H,18,20). The molecular formula is C13H15F4NO2. The number of halogens is 4. The van der Waals surface area contributed by atoms with Crippen LogP contribution in [0.2, 0.25) is 0 Å². The summed E-state index contributed by atoms with van der Waals surface area (Å²) in [6.45, 7) is 1.81. The lowest BCUT2D eigenvalue weighted by Gasteiger charge is -2.15. The molecule has 0 saturated heterocycles. The molecule has 1 aromatic rings. The van der Waals surface area contributed by atoms with E-state index in [1.807, 2.05) is 0 Å². The van der Waals surface area contributed by atoms with E-state index in [4.69, 9.17) is 5.11 Å². The van der Waals surface area contributed by atoms with Crippen molar-refractivity contribution in [3.8, 4) is 0 Å². The summed E-state index contributed by atoms with van der Waals surface area (Å²) in [6, 6.07) is 1.91. The summed E-state index contributed by atoms with van der Waals surface area (Å²) >= 11 is 0. The number of hydrogen-bond acceptors (Lipinski definition) is 2. The van der Waals surface area contributed by atoms with Gasteiger partial charge in [-0.15, -0.1) is 0 Å². The van der Waals surface area contributed by atoms with Gasteiger partial charge in [0.1, 0.15) is 5.82 Å². The second kappa shape index (κ2) is 6.69. The lowest BCUT2D eigenvalue weighted by atomic mass is 10.0. The van der Waals surface area contributed by atoms with Crippen LogP contribution in [0.1, 0.15) is 29.3 Å². The van der Waals surface area contributed by atoms with E-state index in [2.05, 4.69) is 5.32 Å². The number of carbonyl (C=O) groups is 1. The number of aliphatic hydroxyl groups excluding tert-OH is 1. The van der Waals surface area contributed by atoms with E-state index in [1.165, 1.54) is 0 Å². The van der Waals surface area contributed by atoms with Gasteiger partial charge in [-0.1, -0.05) is 6.92 Å². The molecular weight excluding hydrogens is 278 g/mol. The monoisotopic (exact) mass is 293 g/mol. The zero-order valence-corrected chi connectivity index (χ0v) is 10.8. The summed E-state index contributed by atoms with van der Waals surface area (Å²) in [4.78, 5) is 11.7. The van der Waals surface area contributed by atoms with Gasteiger partial charge in [-0.25, -0.2) is 4.39 Å². The minimum absolute atomic E-state index is 0.0681. The largest absolute Gasteiger partial charge is 0.417 e. The molecule has 0 saturated carbocycles. The predicted octanol–water partition coefficient (Wildman–Crippen LogP) is 2.59. The normalized spacial score (nSPS) is 13.1. The van der Waals surface area contributed by atoms with Gasteiger partial charge in [0, 0.05) is 13.2 Å². The molecule has 2 N–H and O–H groups in total. The zero-order valence-electron chi connectivity index (χ0n) is 10.8. The Morgan fingerprint density at radius 1 is 1.40 bits per heavy atom. The van der Waals surface area contributed by atoms with Crippen LogP contribution >= 0.6 is 0 Å². The maximum absolute atomic E-state index is 12.9. The topological polar surface area (TPSA) is 49.3 Å². The van der Waals surface area contributed by atoms with Crippen molar-refractivity contribution in [2.24, 2.45) is 5.92 Å².